The number of carbonyl (C=O) groups excluding carboxylic acids is 2. The van der Waals surface area contributed by atoms with E-state index >= 15 is 0 Å². The third-order valence-corrected chi connectivity index (χ3v) is 6.21. The lowest BCUT2D eigenvalue weighted by Crippen LogP contribution is -2.43. The number of nitrogens with zero attached hydrogens (tertiary/aromatic N) is 4. The molecule has 0 atom stereocenters. The number of pyridine rings is 1. The van der Waals surface area contributed by atoms with Crippen molar-refractivity contribution in [2.75, 3.05) is 19.6 Å². The molecule has 0 aliphatic carbocycles. The molecule has 8 heteroatoms. The normalized spacial score (nSPS) is 14.8. The number of aromatic nitrogens is 3. The van der Waals surface area contributed by atoms with Crippen LogP contribution in [0.3, 0.4) is 0 Å². The van der Waals surface area contributed by atoms with E-state index in [0.29, 0.717) is 48.6 Å². The van der Waals surface area contributed by atoms with Crippen LogP contribution in [0.25, 0.3) is 22.5 Å². The molecule has 170 valence electrons. The highest BCUT2D eigenvalue weighted by atomic mass is 16.3. The predicted octanol–water partition coefficient (Wildman–Crippen LogP) is 3.70. The summed E-state index contributed by atoms with van der Waals surface area (Å²) in [5.74, 6) is 0.640. The SMILES string of the molecule is CCCCCNC(=O)C1CCN(C(=O)c2cc(-c3ccco3)nc3c2c(C)nn3C)CC1. The molecule has 32 heavy (non-hydrogen) atoms. The molecule has 0 spiro atoms. The van der Waals surface area contributed by atoms with Crippen LogP contribution >= 0.6 is 0 Å². The lowest BCUT2D eigenvalue weighted by Gasteiger charge is -2.31. The van der Waals surface area contributed by atoms with E-state index in [1.807, 2.05) is 24.9 Å². The molecule has 1 N–H and O–H groups in total. The first-order chi connectivity index (χ1) is 15.5. The molecule has 1 aliphatic heterocycles. The molecular weight excluding hydrogens is 406 g/mol. The molecule has 4 rings (SSSR count). The standard InChI is InChI=1S/C24H31N5O3/c1-4-5-6-11-25-23(30)17-9-12-29(13-10-17)24(31)18-15-19(20-8-7-14-32-20)26-22-21(18)16(2)27-28(22)3/h7-8,14-15,17H,4-6,9-13H2,1-3H3,(H,25,30). The van der Waals surface area contributed by atoms with Gasteiger partial charge in [-0.05, 0) is 44.4 Å². The molecule has 0 radical (unpaired) electrons. The van der Waals surface area contributed by atoms with Gasteiger partial charge in [-0.1, -0.05) is 19.8 Å². The maximum atomic E-state index is 13.5. The van der Waals surface area contributed by atoms with E-state index in [0.717, 1.165) is 36.9 Å². The van der Waals surface area contributed by atoms with E-state index in [9.17, 15) is 9.59 Å². The first kappa shape index (κ1) is 22.0. The van der Waals surface area contributed by atoms with Crippen molar-refractivity contribution in [1.29, 1.82) is 0 Å². The van der Waals surface area contributed by atoms with E-state index in [2.05, 4.69) is 22.3 Å². The second-order valence-electron chi connectivity index (χ2n) is 8.50. The highest BCUT2D eigenvalue weighted by Crippen LogP contribution is 2.29. The molecule has 3 aromatic rings. The average molecular weight is 438 g/mol. The maximum Gasteiger partial charge on any atom is 0.254 e. The summed E-state index contributed by atoms with van der Waals surface area (Å²) in [7, 11) is 1.83. The number of hydrogen-bond donors (Lipinski definition) is 1. The maximum absolute atomic E-state index is 13.5. The number of rotatable bonds is 7. The average Bonchev–Trinajstić information content (AvgIpc) is 3.44. The lowest BCUT2D eigenvalue weighted by atomic mass is 9.95. The van der Waals surface area contributed by atoms with Gasteiger partial charge in [0, 0.05) is 32.6 Å². The van der Waals surface area contributed by atoms with E-state index in [1.54, 1.807) is 23.1 Å². The minimum absolute atomic E-state index is 0.0306. The number of amides is 2. The summed E-state index contributed by atoms with van der Waals surface area (Å²) in [5, 5.41) is 8.29. The lowest BCUT2D eigenvalue weighted by molar-refractivity contribution is -0.126. The van der Waals surface area contributed by atoms with Crippen LogP contribution in [-0.2, 0) is 11.8 Å². The van der Waals surface area contributed by atoms with Crippen molar-refractivity contribution in [2.45, 2.75) is 46.0 Å². The van der Waals surface area contributed by atoms with Crippen LogP contribution in [0.4, 0.5) is 0 Å². The van der Waals surface area contributed by atoms with Crippen LogP contribution < -0.4 is 5.32 Å². The zero-order valence-corrected chi connectivity index (χ0v) is 19.1. The summed E-state index contributed by atoms with van der Waals surface area (Å²) >= 11 is 0. The summed E-state index contributed by atoms with van der Waals surface area (Å²) < 4.78 is 7.22. The molecule has 4 heterocycles. The smallest absolute Gasteiger partial charge is 0.254 e. The van der Waals surface area contributed by atoms with Gasteiger partial charge in [0.2, 0.25) is 5.91 Å². The fraction of sp³-hybridized carbons (Fsp3) is 0.500. The van der Waals surface area contributed by atoms with Crippen LogP contribution in [0.15, 0.2) is 28.9 Å². The Balaban J connectivity index is 1.51. The number of furan rings is 1. The molecule has 1 fully saturated rings. The molecule has 3 aromatic heterocycles. The van der Waals surface area contributed by atoms with Gasteiger partial charge < -0.3 is 14.6 Å². The van der Waals surface area contributed by atoms with Crippen molar-refractivity contribution >= 4 is 22.8 Å². The number of aryl methyl sites for hydroxylation is 2. The zero-order valence-electron chi connectivity index (χ0n) is 19.1. The summed E-state index contributed by atoms with van der Waals surface area (Å²) in [6.45, 7) is 5.89. The molecule has 8 nitrogen and oxygen atoms in total. The van der Waals surface area contributed by atoms with E-state index < -0.39 is 0 Å². The van der Waals surface area contributed by atoms with Crippen LogP contribution in [-0.4, -0.2) is 51.1 Å². The molecule has 2 amide bonds. The number of likely N-dealkylation sites (tertiary alicyclic amines) is 1. The molecule has 0 bridgehead atoms. The van der Waals surface area contributed by atoms with E-state index in [-0.39, 0.29) is 17.7 Å². The summed E-state index contributed by atoms with van der Waals surface area (Å²) in [5.41, 5.74) is 2.61. The van der Waals surface area contributed by atoms with Crippen LogP contribution in [0, 0.1) is 12.8 Å². The van der Waals surface area contributed by atoms with Crippen LogP contribution in [0.5, 0.6) is 0 Å². The quantitative estimate of drug-likeness (QED) is 0.569. The highest BCUT2D eigenvalue weighted by Gasteiger charge is 2.30. The number of carbonyl (C=O) groups is 2. The Hall–Kier alpha value is -3.16. The van der Waals surface area contributed by atoms with Crippen molar-refractivity contribution in [3.05, 3.63) is 35.7 Å². The third-order valence-electron chi connectivity index (χ3n) is 6.21. The summed E-state index contributed by atoms with van der Waals surface area (Å²) in [6.07, 6.45) is 6.22. The molecular formula is C24H31N5O3. The molecule has 0 unspecified atom stereocenters. The minimum atomic E-state index is -0.0527. The van der Waals surface area contributed by atoms with Crippen molar-refractivity contribution < 1.29 is 14.0 Å². The Kier molecular flexibility index (Phi) is 6.58. The first-order valence-corrected chi connectivity index (χ1v) is 11.4. The highest BCUT2D eigenvalue weighted by molar-refractivity contribution is 6.07. The second-order valence-corrected chi connectivity index (χ2v) is 8.50. The van der Waals surface area contributed by atoms with Crippen LogP contribution in [0.1, 0.15) is 55.1 Å². The largest absolute Gasteiger partial charge is 0.463 e. The van der Waals surface area contributed by atoms with Gasteiger partial charge in [-0.15, -0.1) is 0 Å². The van der Waals surface area contributed by atoms with Gasteiger partial charge in [0.05, 0.1) is 22.9 Å². The first-order valence-electron chi connectivity index (χ1n) is 11.4. The van der Waals surface area contributed by atoms with Gasteiger partial charge in [-0.3, -0.25) is 14.3 Å². The molecule has 1 aliphatic rings. The van der Waals surface area contributed by atoms with Gasteiger partial charge in [0.15, 0.2) is 11.4 Å². The second kappa shape index (κ2) is 9.54. The topological polar surface area (TPSA) is 93.3 Å². The van der Waals surface area contributed by atoms with Gasteiger partial charge in [0.25, 0.3) is 5.91 Å². The van der Waals surface area contributed by atoms with Gasteiger partial charge in [-0.25, -0.2) is 4.98 Å². The summed E-state index contributed by atoms with van der Waals surface area (Å²) in [6, 6.07) is 5.43. The number of hydrogen-bond acceptors (Lipinski definition) is 5. The van der Waals surface area contributed by atoms with Crippen molar-refractivity contribution in [3.8, 4) is 11.5 Å². The Morgan fingerprint density at radius 3 is 2.72 bits per heavy atom. The number of unbranched alkanes of at least 4 members (excludes halogenated alkanes) is 2. The Labute approximate surface area is 188 Å². The summed E-state index contributed by atoms with van der Waals surface area (Å²) in [4.78, 5) is 32.5. The number of nitrogens with one attached hydrogen (secondary N) is 1. The number of fused-ring (bicyclic) bond motifs is 1. The number of piperidine rings is 1. The van der Waals surface area contributed by atoms with Gasteiger partial charge in [-0.2, -0.15) is 5.10 Å². The van der Waals surface area contributed by atoms with Crippen molar-refractivity contribution in [2.24, 2.45) is 13.0 Å². The van der Waals surface area contributed by atoms with Crippen molar-refractivity contribution in [1.82, 2.24) is 25.0 Å². The fourth-order valence-corrected chi connectivity index (χ4v) is 4.41. The van der Waals surface area contributed by atoms with Gasteiger partial charge in [0.1, 0.15) is 5.69 Å². The molecule has 0 aromatic carbocycles. The monoisotopic (exact) mass is 437 g/mol. The third kappa shape index (κ3) is 4.40. The van der Waals surface area contributed by atoms with E-state index in [1.165, 1.54) is 0 Å². The fourth-order valence-electron chi connectivity index (χ4n) is 4.41. The van der Waals surface area contributed by atoms with Crippen LogP contribution in [0.2, 0.25) is 0 Å². The van der Waals surface area contributed by atoms with Gasteiger partial charge >= 0.3 is 0 Å². The minimum Gasteiger partial charge on any atom is -0.463 e. The Morgan fingerprint density at radius 2 is 2.03 bits per heavy atom. The molecule has 1 saturated heterocycles. The van der Waals surface area contributed by atoms with E-state index in [4.69, 9.17) is 4.42 Å². The van der Waals surface area contributed by atoms with Crippen molar-refractivity contribution in [3.63, 3.8) is 0 Å². The predicted molar refractivity (Wildman–Crippen MR) is 122 cm³/mol. The Bertz CT molecular complexity index is 1090. The Morgan fingerprint density at radius 1 is 1.25 bits per heavy atom. The molecule has 0 saturated carbocycles. The zero-order chi connectivity index (χ0) is 22.7.